The Bertz CT molecular complexity index is 246. The molecule has 2 rings (SSSR count). The van der Waals surface area contributed by atoms with Crippen LogP contribution in [0.25, 0.3) is 0 Å². The Balaban J connectivity index is 2.13. The fourth-order valence-corrected chi connectivity index (χ4v) is 1.96. The Morgan fingerprint density at radius 2 is 2.33 bits per heavy atom. The fourth-order valence-electron chi connectivity index (χ4n) is 1.96. The van der Waals surface area contributed by atoms with E-state index in [9.17, 15) is 0 Å². The van der Waals surface area contributed by atoms with Crippen molar-refractivity contribution in [3.63, 3.8) is 0 Å². The van der Waals surface area contributed by atoms with E-state index in [-0.39, 0.29) is 0 Å². The van der Waals surface area contributed by atoms with E-state index < -0.39 is 0 Å². The molecule has 0 spiro atoms. The Labute approximate surface area is 73.4 Å². The van der Waals surface area contributed by atoms with Crippen LogP contribution in [0.5, 0.6) is 0 Å². The number of rotatable bonds is 1. The highest BCUT2D eigenvalue weighted by Gasteiger charge is 2.16. The molecular formula is C10H16N2. The Kier molecular flexibility index (Phi) is 2.17. The molecule has 2 heterocycles. The summed E-state index contributed by atoms with van der Waals surface area (Å²) in [6, 6.07) is 2.79. The van der Waals surface area contributed by atoms with Crippen molar-refractivity contribution in [1.82, 2.24) is 10.3 Å². The van der Waals surface area contributed by atoms with Crippen molar-refractivity contribution in [3.8, 4) is 0 Å². The van der Waals surface area contributed by atoms with Gasteiger partial charge in [0.1, 0.15) is 0 Å². The predicted octanol–water partition coefficient (Wildman–Crippen LogP) is 2.14. The number of aromatic nitrogens is 1. The summed E-state index contributed by atoms with van der Waals surface area (Å²) in [6.45, 7) is 3.32. The molecule has 0 aliphatic carbocycles. The van der Waals surface area contributed by atoms with Crippen LogP contribution in [0.15, 0.2) is 12.3 Å². The summed E-state index contributed by atoms with van der Waals surface area (Å²) in [5, 5.41) is 3.54. The first-order chi connectivity index (χ1) is 5.88. The monoisotopic (exact) mass is 164 g/mol. The van der Waals surface area contributed by atoms with Crippen LogP contribution in [-0.4, -0.2) is 11.5 Å². The van der Waals surface area contributed by atoms with E-state index in [1.165, 1.54) is 37.1 Å². The maximum Gasteiger partial charge on any atom is 0.0337 e. The first kappa shape index (κ1) is 7.87. The second kappa shape index (κ2) is 3.31. The second-order valence-corrected chi connectivity index (χ2v) is 3.56. The minimum Gasteiger partial charge on any atom is -0.365 e. The minimum atomic E-state index is 0.602. The number of hydrogen-bond donors (Lipinski definition) is 2. The van der Waals surface area contributed by atoms with Crippen molar-refractivity contribution in [2.24, 2.45) is 0 Å². The van der Waals surface area contributed by atoms with Crippen molar-refractivity contribution >= 4 is 0 Å². The van der Waals surface area contributed by atoms with Crippen LogP contribution in [-0.2, 0) is 0 Å². The molecule has 12 heavy (non-hydrogen) atoms. The molecule has 1 atom stereocenters. The maximum atomic E-state index is 3.54. The lowest BCUT2D eigenvalue weighted by Crippen LogP contribution is -2.26. The second-order valence-electron chi connectivity index (χ2n) is 3.56. The van der Waals surface area contributed by atoms with Gasteiger partial charge in [0, 0.05) is 17.9 Å². The predicted molar refractivity (Wildman–Crippen MR) is 50.1 cm³/mol. The fraction of sp³-hybridized carbons (Fsp3) is 0.600. The molecule has 2 nitrogen and oxygen atoms in total. The summed E-state index contributed by atoms with van der Waals surface area (Å²) in [7, 11) is 0. The van der Waals surface area contributed by atoms with Gasteiger partial charge in [-0.3, -0.25) is 0 Å². The van der Waals surface area contributed by atoms with Crippen LogP contribution in [0.4, 0.5) is 0 Å². The normalized spacial score (nSPS) is 24.2. The van der Waals surface area contributed by atoms with Gasteiger partial charge < -0.3 is 10.3 Å². The van der Waals surface area contributed by atoms with Gasteiger partial charge in [0.2, 0.25) is 0 Å². The lowest BCUT2D eigenvalue weighted by atomic mass is 9.98. The summed E-state index contributed by atoms with van der Waals surface area (Å²) in [5.74, 6) is 0. The average molecular weight is 164 g/mol. The van der Waals surface area contributed by atoms with Gasteiger partial charge in [-0.2, -0.15) is 0 Å². The van der Waals surface area contributed by atoms with Gasteiger partial charge >= 0.3 is 0 Å². The molecule has 2 heteroatoms. The third-order valence-corrected chi connectivity index (χ3v) is 2.68. The van der Waals surface area contributed by atoms with Crippen molar-refractivity contribution in [2.45, 2.75) is 32.2 Å². The zero-order valence-corrected chi connectivity index (χ0v) is 7.56. The highest BCUT2D eigenvalue weighted by molar-refractivity contribution is 5.23. The van der Waals surface area contributed by atoms with Crippen LogP contribution in [0, 0.1) is 6.92 Å². The van der Waals surface area contributed by atoms with Crippen molar-refractivity contribution in [2.75, 3.05) is 6.54 Å². The average Bonchev–Trinajstić information content (AvgIpc) is 2.53. The van der Waals surface area contributed by atoms with E-state index in [2.05, 4.69) is 23.3 Å². The third-order valence-electron chi connectivity index (χ3n) is 2.68. The van der Waals surface area contributed by atoms with Crippen molar-refractivity contribution in [1.29, 1.82) is 0 Å². The van der Waals surface area contributed by atoms with Gasteiger partial charge in [0.05, 0.1) is 0 Å². The largest absolute Gasteiger partial charge is 0.365 e. The molecule has 0 amide bonds. The van der Waals surface area contributed by atoms with Gasteiger partial charge in [0.25, 0.3) is 0 Å². The molecule has 66 valence electrons. The molecule has 0 unspecified atom stereocenters. The molecule has 0 saturated carbocycles. The summed E-state index contributed by atoms with van der Waals surface area (Å²) in [6.07, 6.45) is 6.02. The van der Waals surface area contributed by atoms with E-state index in [0.29, 0.717) is 6.04 Å². The van der Waals surface area contributed by atoms with Crippen LogP contribution in [0.3, 0.4) is 0 Å². The molecule has 1 saturated heterocycles. The minimum absolute atomic E-state index is 0.602. The lowest BCUT2D eigenvalue weighted by Gasteiger charge is -2.23. The quantitative estimate of drug-likeness (QED) is 0.654. The molecule has 1 aliphatic rings. The Morgan fingerprint density at radius 1 is 1.42 bits per heavy atom. The van der Waals surface area contributed by atoms with Gasteiger partial charge in [-0.25, -0.2) is 0 Å². The van der Waals surface area contributed by atoms with E-state index in [4.69, 9.17) is 0 Å². The smallest absolute Gasteiger partial charge is 0.0337 e. The van der Waals surface area contributed by atoms with Gasteiger partial charge in [-0.1, -0.05) is 6.42 Å². The summed E-state index contributed by atoms with van der Waals surface area (Å²) in [4.78, 5) is 3.23. The number of piperidine rings is 1. The molecule has 2 N–H and O–H groups in total. The zero-order valence-electron chi connectivity index (χ0n) is 7.56. The summed E-state index contributed by atoms with van der Waals surface area (Å²) < 4.78 is 0. The van der Waals surface area contributed by atoms with E-state index in [1.807, 2.05) is 6.20 Å². The highest BCUT2D eigenvalue weighted by Crippen LogP contribution is 2.24. The Morgan fingerprint density at radius 3 is 2.92 bits per heavy atom. The van der Waals surface area contributed by atoms with Gasteiger partial charge in [-0.15, -0.1) is 0 Å². The molecule has 0 bridgehead atoms. The highest BCUT2D eigenvalue weighted by atomic mass is 14.9. The number of aromatic amines is 1. The number of nitrogens with one attached hydrogen (secondary N) is 2. The third kappa shape index (κ3) is 1.39. The number of H-pyrrole nitrogens is 1. The SMILES string of the molecule is Cc1[nH]ccc1[C@@H]1CCCCN1. The van der Waals surface area contributed by atoms with Crippen LogP contribution in [0.2, 0.25) is 0 Å². The standard InChI is InChI=1S/C10H16N2/c1-8-9(5-7-11-8)10-4-2-3-6-12-10/h5,7,10-12H,2-4,6H2,1H3/t10-/m0/s1. The first-order valence-electron chi connectivity index (χ1n) is 4.75. The van der Waals surface area contributed by atoms with Crippen LogP contribution in [0.1, 0.15) is 36.6 Å². The topological polar surface area (TPSA) is 27.8 Å². The molecule has 1 aliphatic heterocycles. The zero-order chi connectivity index (χ0) is 8.39. The maximum absolute atomic E-state index is 3.54. The number of aryl methyl sites for hydroxylation is 1. The lowest BCUT2D eigenvalue weighted by molar-refractivity contribution is 0.411. The molecule has 0 aromatic carbocycles. The van der Waals surface area contributed by atoms with Gasteiger partial charge in [-0.05, 0) is 37.9 Å². The number of hydrogen-bond acceptors (Lipinski definition) is 1. The van der Waals surface area contributed by atoms with E-state index in [1.54, 1.807) is 0 Å². The van der Waals surface area contributed by atoms with Crippen LogP contribution < -0.4 is 5.32 Å². The summed E-state index contributed by atoms with van der Waals surface area (Å²) >= 11 is 0. The van der Waals surface area contributed by atoms with E-state index in [0.717, 1.165) is 0 Å². The van der Waals surface area contributed by atoms with Crippen molar-refractivity contribution in [3.05, 3.63) is 23.5 Å². The molecule has 0 radical (unpaired) electrons. The Hall–Kier alpha value is -0.760. The first-order valence-corrected chi connectivity index (χ1v) is 4.75. The van der Waals surface area contributed by atoms with Crippen molar-refractivity contribution < 1.29 is 0 Å². The molecule has 1 aromatic rings. The van der Waals surface area contributed by atoms with Crippen LogP contribution >= 0.6 is 0 Å². The molecule has 1 fully saturated rings. The molecular weight excluding hydrogens is 148 g/mol. The summed E-state index contributed by atoms with van der Waals surface area (Å²) in [5.41, 5.74) is 2.77. The van der Waals surface area contributed by atoms with E-state index >= 15 is 0 Å². The molecule has 1 aromatic heterocycles. The van der Waals surface area contributed by atoms with Gasteiger partial charge in [0.15, 0.2) is 0 Å².